The van der Waals surface area contributed by atoms with Gasteiger partial charge in [0, 0.05) is 30.0 Å². The highest BCUT2D eigenvalue weighted by molar-refractivity contribution is 5.78. The second kappa shape index (κ2) is 6.10. The van der Waals surface area contributed by atoms with Gasteiger partial charge < -0.3 is 4.57 Å². The van der Waals surface area contributed by atoms with Gasteiger partial charge in [-0.2, -0.15) is 0 Å². The molecule has 0 radical (unpaired) electrons. The first-order chi connectivity index (χ1) is 13.3. The average molecular weight is 357 g/mol. The maximum Gasteiger partial charge on any atom is 0.223 e. The van der Waals surface area contributed by atoms with Crippen LogP contribution in [0.15, 0.2) is 73.2 Å². The lowest BCUT2D eigenvalue weighted by Crippen LogP contribution is -2.03. The third kappa shape index (κ3) is 2.73. The molecule has 0 fully saturated rings. The van der Waals surface area contributed by atoms with Gasteiger partial charge in [0.2, 0.25) is 5.82 Å². The highest BCUT2D eigenvalue weighted by atomic mass is 19.1. The molecule has 0 amide bonds. The Balaban J connectivity index is 1.60. The first-order valence-electron chi connectivity index (χ1n) is 8.23. The SMILES string of the molecule is Fc1cc(-n2nnc(-c3ccccn3)n2)cc(-n2ccc3cccnc32)c1. The maximum atomic E-state index is 14.3. The van der Waals surface area contributed by atoms with E-state index >= 15 is 0 Å². The minimum atomic E-state index is -0.406. The van der Waals surface area contributed by atoms with Gasteiger partial charge in [-0.3, -0.25) is 4.98 Å². The van der Waals surface area contributed by atoms with Gasteiger partial charge in [0.1, 0.15) is 17.2 Å². The molecule has 0 aliphatic rings. The first kappa shape index (κ1) is 15.3. The fourth-order valence-corrected chi connectivity index (χ4v) is 2.91. The number of pyridine rings is 2. The Labute approximate surface area is 152 Å². The topological polar surface area (TPSA) is 74.3 Å². The Bertz CT molecular complexity index is 1240. The van der Waals surface area contributed by atoms with Crippen LogP contribution >= 0.6 is 0 Å². The highest BCUT2D eigenvalue weighted by Crippen LogP contribution is 2.22. The van der Waals surface area contributed by atoms with E-state index in [0.29, 0.717) is 22.9 Å². The number of hydrogen-bond donors (Lipinski definition) is 0. The molecular formula is C19H12FN7. The maximum absolute atomic E-state index is 14.3. The van der Waals surface area contributed by atoms with Gasteiger partial charge in [0.15, 0.2) is 0 Å². The van der Waals surface area contributed by atoms with Gasteiger partial charge in [-0.25, -0.2) is 9.37 Å². The molecule has 0 N–H and O–H groups in total. The van der Waals surface area contributed by atoms with Crippen molar-refractivity contribution in [3.63, 3.8) is 0 Å². The van der Waals surface area contributed by atoms with Gasteiger partial charge in [0.25, 0.3) is 0 Å². The molecule has 130 valence electrons. The number of aromatic nitrogens is 7. The highest BCUT2D eigenvalue weighted by Gasteiger charge is 2.12. The van der Waals surface area contributed by atoms with E-state index in [9.17, 15) is 4.39 Å². The van der Waals surface area contributed by atoms with Crippen LogP contribution in [-0.2, 0) is 0 Å². The number of halogens is 1. The van der Waals surface area contributed by atoms with E-state index < -0.39 is 5.82 Å². The van der Waals surface area contributed by atoms with Crippen LogP contribution in [-0.4, -0.2) is 34.7 Å². The average Bonchev–Trinajstić information content (AvgIpc) is 3.36. The monoisotopic (exact) mass is 357 g/mol. The second-order valence-electron chi connectivity index (χ2n) is 5.89. The van der Waals surface area contributed by atoms with Crippen molar-refractivity contribution in [2.45, 2.75) is 0 Å². The number of benzene rings is 1. The molecule has 5 rings (SSSR count). The van der Waals surface area contributed by atoms with Crippen molar-refractivity contribution in [2.75, 3.05) is 0 Å². The van der Waals surface area contributed by atoms with Crippen LogP contribution in [0.2, 0.25) is 0 Å². The van der Waals surface area contributed by atoms with Crippen LogP contribution in [0.3, 0.4) is 0 Å². The molecular weight excluding hydrogens is 345 g/mol. The number of hydrogen-bond acceptors (Lipinski definition) is 5. The summed E-state index contributed by atoms with van der Waals surface area (Å²) in [6.45, 7) is 0. The minimum absolute atomic E-state index is 0.370. The third-order valence-corrected chi connectivity index (χ3v) is 4.13. The largest absolute Gasteiger partial charge is 0.301 e. The fourth-order valence-electron chi connectivity index (χ4n) is 2.91. The van der Waals surface area contributed by atoms with E-state index in [4.69, 9.17) is 0 Å². The summed E-state index contributed by atoms with van der Waals surface area (Å²) in [6.07, 6.45) is 5.21. The summed E-state index contributed by atoms with van der Waals surface area (Å²) in [7, 11) is 0. The Kier molecular flexibility index (Phi) is 3.46. The van der Waals surface area contributed by atoms with E-state index in [2.05, 4.69) is 25.4 Å². The zero-order chi connectivity index (χ0) is 18.2. The van der Waals surface area contributed by atoms with Crippen molar-refractivity contribution < 1.29 is 4.39 Å². The molecule has 1 aromatic carbocycles. The summed E-state index contributed by atoms with van der Waals surface area (Å²) >= 11 is 0. The minimum Gasteiger partial charge on any atom is -0.301 e. The van der Waals surface area contributed by atoms with Crippen LogP contribution in [0, 0.1) is 5.82 Å². The molecule has 0 saturated heterocycles. The number of fused-ring (bicyclic) bond motifs is 1. The van der Waals surface area contributed by atoms with Crippen molar-refractivity contribution in [2.24, 2.45) is 0 Å². The lowest BCUT2D eigenvalue weighted by atomic mass is 10.2. The van der Waals surface area contributed by atoms with Crippen LogP contribution in [0.1, 0.15) is 0 Å². The predicted molar refractivity (Wildman–Crippen MR) is 97.0 cm³/mol. The molecule has 0 aliphatic carbocycles. The molecule has 5 aromatic rings. The standard InChI is InChI=1S/C19H12FN7/c20-14-10-15(26-9-6-13-4-3-8-22-19(13)26)12-16(11-14)27-24-18(23-25-27)17-5-1-2-7-21-17/h1-12H. The van der Waals surface area contributed by atoms with Gasteiger partial charge in [-0.15, -0.1) is 15.0 Å². The van der Waals surface area contributed by atoms with Crippen LogP contribution in [0.5, 0.6) is 0 Å². The Hall–Kier alpha value is -3.94. The molecule has 0 aliphatic heterocycles. The molecule has 0 bridgehead atoms. The quantitative estimate of drug-likeness (QED) is 0.496. The summed E-state index contributed by atoms with van der Waals surface area (Å²) < 4.78 is 16.1. The first-order valence-corrected chi connectivity index (χ1v) is 8.23. The Morgan fingerprint density at radius 1 is 0.852 bits per heavy atom. The van der Waals surface area contributed by atoms with E-state index in [-0.39, 0.29) is 0 Å². The van der Waals surface area contributed by atoms with Crippen molar-refractivity contribution in [3.8, 4) is 22.9 Å². The molecule has 0 unspecified atom stereocenters. The van der Waals surface area contributed by atoms with Gasteiger partial charge in [0.05, 0.1) is 11.4 Å². The van der Waals surface area contributed by atoms with Crippen LogP contribution < -0.4 is 0 Å². The molecule has 27 heavy (non-hydrogen) atoms. The van der Waals surface area contributed by atoms with Gasteiger partial charge >= 0.3 is 0 Å². The molecule has 0 atom stereocenters. The fraction of sp³-hybridized carbons (Fsp3) is 0. The molecule has 4 aromatic heterocycles. The summed E-state index contributed by atoms with van der Waals surface area (Å²) in [5.74, 6) is -0.0357. The van der Waals surface area contributed by atoms with Crippen molar-refractivity contribution in [3.05, 3.63) is 79.0 Å². The summed E-state index contributed by atoms with van der Waals surface area (Å²) in [4.78, 5) is 9.86. The van der Waals surface area contributed by atoms with E-state index in [1.54, 1.807) is 24.5 Å². The van der Waals surface area contributed by atoms with Gasteiger partial charge in [-0.1, -0.05) is 6.07 Å². The molecule has 8 heteroatoms. The zero-order valence-electron chi connectivity index (χ0n) is 13.9. The smallest absolute Gasteiger partial charge is 0.223 e. The van der Waals surface area contributed by atoms with Crippen molar-refractivity contribution in [1.29, 1.82) is 0 Å². The number of tetrazole rings is 1. The molecule has 0 saturated carbocycles. The third-order valence-electron chi connectivity index (χ3n) is 4.13. The van der Waals surface area contributed by atoms with E-state index in [0.717, 1.165) is 11.0 Å². The van der Waals surface area contributed by atoms with E-state index in [1.165, 1.54) is 16.9 Å². The molecule has 7 nitrogen and oxygen atoms in total. The lowest BCUT2D eigenvalue weighted by Gasteiger charge is -2.07. The van der Waals surface area contributed by atoms with Crippen molar-refractivity contribution in [1.82, 2.24) is 34.7 Å². The molecule has 0 spiro atoms. The lowest BCUT2D eigenvalue weighted by molar-refractivity contribution is 0.620. The normalized spacial score (nSPS) is 11.1. The van der Waals surface area contributed by atoms with Crippen molar-refractivity contribution >= 4 is 11.0 Å². The van der Waals surface area contributed by atoms with Crippen LogP contribution in [0.4, 0.5) is 4.39 Å². The number of nitrogens with zero attached hydrogens (tertiary/aromatic N) is 7. The Morgan fingerprint density at radius 2 is 1.74 bits per heavy atom. The summed E-state index contributed by atoms with van der Waals surface area (Å²) in [5, 5.41) is 13.3. The summed E-state index contributed by atoms with van der Waals surface area (Å²) in [5.41, 5.74) is 2.42. The van der Waals surface area contributed by atoms with E-state index in [1.807, 2.05) is 41.1 Å². The summed E-state index contributed by atoms with van der Waals surface area (Å²) in [6, 6.07) is 15.8. The Morgan fingerprint density at radius 3 is 2.63 bits per heavy atom. The zero-order valence-corrected chi connectivity index (χ0v) is 13.9. The predicted octanol–water partition coefficient (Wildman–Crippen LogP) is 3.20. The van der Waals surface area contributed by atoms with Gasteiger partial charge in [-0.05, 0) is 47.7 Å². The number of rotatable bonds is 3. The second-order valence-corrected chi connectivity index (χ2v) is 5.89. The molecule has 4 heterocycles. The van der Waals surface area contributed by atoms with Crippen LogP contribution in [0.25, 0.3) is 33.9 Å².